The number of piperidine rings is 1. The number of aromatic nitrogens is 4. The van der Waals surface area contributed by atoms with Crippen molar-refractivity contribution in [2.45, 2.75) is 46.6 Å². The van der Waals surface area contributed by atoms with Crippen LogP contribution in [-0.2, 0) is 6.54 Å². The lowest BCUT2D eigenvalue weighted by Gasteiger charge is -2.33. The van der Waals surface area contributed by atoms with Crippen LogP contribution in [0.2, 0.25) is 0 Å². The average molecular weight is 237 g/mol. The first-order valence-electron chi connectivity index (χ1n) is 6.73. The molecule has 0 unspecified atom stereocenters. The topological polar surface area (TPSA) is 46.8 Å². The maximum Gasteiger partial charge on any atom is 0.245 e. The summed E-state index contributed by atoms with van der Waals surface area (Å²) >= 11 is 0. The van der Waals surface area contributed by atoms with E-state index in [0.717, 1.165) is 43.8 Å². The first kappa shape index (κ1) is 12.3. The van der Waals surface area contributed by atoms with Crippen molar-refractivity contribution >= 4 is 5.95 Å². The van der Waals surface area contributed by atoms with Crippen LogP contribution in [0.4, 0.5) is 5.95 Å². The monoisotopic (exact) mass is 237 g/mol. The summed E-state index contributed by atoms with van der Waals surface area (Å²) in [5.41, 5.74) is 0. The van der Waals surface area contributed by atoms with E-state index in [-0.39, 0.29) is 0 Å². The van der Waals surface area contributed by atoms with Gasteiger partial charge in [0.15, 0.2) is 0 Å². The van der Waals surface area contributed by atoms with E-state index in [1.807, 2.05) is 4.68 Å². The van der Waals surface area contributed by atoms with Gasteiger partial charge in [-0.05, 0) is 41.5 Å². The highest BCUT2D eigenvalue weighted by atomic mass is 15.6. The van der Waals surface area contributed by atoms with Gasteiger partial charge in [0, 0.05) is 19.6 Å². The third-order valence-corrected chi connectivity index (χ3v) is 3.71. The molecule has 2 heterocycles. The van der Waals surface area contributed by atoms with Crippen LogP contribution in [0.15, 0.2) is 0 Å². The molecule has 0 bridgehead atoms. The summed E-state index contributed by atoms with van der Waals surface area (Å²) in [5, 5.41) is 12.0. The van der Waals surface area contributed by atoms with Crippen molar-refractivity contribution in [2.24, 2.45) is 11.8 Å². The van der Waals surface area contributed by atoms with Crippen molar-refractivity contribution in [3.05, 3.63) is 0 Å². The molecule has 1 aromatic heterocycles. The van der Waals surface area contributed by atoms with Crippen LogP contribution in [0, 0.1) is 11.8 Å². The summed E-state index contributed by atoms with van der Waals surface area (Å²) in [6.45, 7) is 9.88. The molecule has 0 radical (unpaired) electrons. The fraction of sp³-hybridized carbons (Fsp3) is 0.917. The maximum absolute atomic E-state index is 4.16. The number of nitrogens with zero attached hydrogens (tertiary/aromatic N) is 5. The van der Waals surface area contributed by atoms with E-state index in [0.29, 0.717) is 0 Å². The van der Waals surface area contributed by atoms with Crippen LogP contribution in [0.5, 0.6) is 0 Å². The fourth-order valence-electron chi connectivity index (χ4n) is 2.55. The van der Waals surface area contributed by atoms with Crippen LogP contribution in [0.3, 0.4) is 0 Å². The van der Waals surface area contributed by atoms with Crippen LogP contribution in [-0.4, -0.2) is 33.3 Å². The minimum Gasteiger partial charge on any atom is -0.340 e. The van der Waals surface area contributed by atoms with Gasteiger partial charge in [-0.3, -0.25) is 0 Å². The molecule has 5 heteroatoms. The van der Waals surface area contributed by atoms with Gasteiger partial charge >= 0.3 is 0 Å². The van der Waals surface area contributed by atoms with Crippen LogP contribution in [0.1, 0.15) is 40.0 Å². The number of anilines is 1. The largest absolute Gasteiger partial charge is 0.340 e. The Bertz CT molecular complexity index is 338. The zero-order chi connectivity index (χ0) is 12.3. The summed E-state index contributed by atoms with van der Waals surface area (Å²) in [6.07, 6.45) is 3.59. The lowest BCUT2D eigenvalue weighted by Crippen LogP contribution is -2.37. The molecule has 0 aromatic carbocycles. The van der Waals surface area contributed by atoms with E-state index in [1.165, 1.54) is 12.8 Å². The molecule has 2 rings (SSSR count). The normalized spacial score (nSPS) is 18.0. The van der Waals surface area contributed by atoms with Crippen molar-refractivity contribution in [2.75, 3.05) is 18.0 Å². The second-order valence-corrected chi connectivity index (χ2v) is 5.27. The Morgan fingerprint density at radius 1 is 1.29 bits per heavy atom. The molecular weight excluding hydrogens is 214 g/mol. The fourth-order valence-corrected chi connectivity index (χ4v) is 2.55. The molecule has 0 aliphatic carbocycles. The van der Waals surface area contributed by atoms with Gasteiger partial charge < -0.3 is 4.90 Å². The highest BCUT2D eigenvalue weighted by Crippen LogP contribution is 2.26. The van der Waals surface area contributed by atoms with Crippen LogP contribution >= 0.6 is 0 Å². The predicted octanol–water partition coefficient (Wildman–Crippen LogP) is 1.96. The maximum atomic E-state index is 4.16. The summed E-state index contributed by atoms with van der Waals surface area (Å²) in [4.78, 5) is 2.33. The SMILES string of the molecule is CCCn1nnnc1N1CCC(C(C)C)CC1. The van der Waals surface area contributed by atoms with Crippen molar-refractivity contribution < 1.29 is 0 Å². The van der Waals surface area contributed by atoms with E-state index in [9.17, 15) is 0 Å². The zero-order valence-electron chi connectivity index (χ0n) is 11.1. The van der Waals surface area contributed by atoms with Crippen molar-refractivity contribution in [3.8, 4) is 0 Å². The third-order valence-electron chi connectivity index (χ3n) is 3.71. The van der Waals surface area contributed by atoms with Crippen molar-refractivity contribution in [3.63, 3.8) is 0 Å². The molecule has 96 valence electrons. The third kappa shape index (κ3) is 2.76. The number of tetrazole rings is 1. The predicted molar refractivity (Wildman–Crippen MR) is 67.9 cm³/mol. The van der Waals surface area contributed by atoms with E-state index in [4.69, 9.17) is 0 Å². The zero-order valence-corrected chi connectivity index (χ0v) is 11.1. The molecule has 1 saturated heterocycles. The first-order chi connectivity index (χ1) is 8.22. The lowest BCUT2D eigenvalue weighted by atomic mass is 9.87. The average Bonchev–Trinajstić information content (AvgIpc) is 2.78. The van der Waals surface area contributed by atoms with Gasteiger partial charge in [0.1, 0.15) is 0 Å². The Morgan fingerprint density at radius 3 is 2.59 bits per heavy atom. The Hall–Kier alpha value is -1.13. The highest BCUT2D eigenvalue weighted by molar-refractivity contribution is 5.28. The smallest absolute Gasteiger partial charge is 0.245 e. The van der Waals surface area contributed by atoms with Gasteiger partial charge in [-0.2, -0.15) is 0 Å². The van der Waals surface area contributed by atoms with Gasteiger partial charge in [-0.25, -0.2) is 4.68 Å². The van der Waals surface area contributed by atoms with Crippen molar-refractivity contribution in [1.82, 2.24) is 20.2 Å². The Labute approximate surface area is 103 Å². The second kappa shape index (κ2) is 5.47. The number of aryl methyl sites for hydroxylation is 1. The number of rotatable bonds is 4. The van der Waals surface area contributed by atoms with Gasteiger partial charge in [0.2, 0.25) is 5.95 Å². The van der Waals surface area contributed by atoms with Crippen molar-refractivity contribution in [1.29, 1.82) is 0 Å². The van der Waals surface area contributed by atoms with E-state index >= 15 is 0 Å². The quantitative estimate of drug-likeness (QED) is 0.803. The van der Waals surface area contributed by atoms with E-state index in [2.05, 4.69) is 41.2 Å². The Morgan fingerprint density at radius 2 is 2.00 bits per heavy atom. The minimum atomic E-state index is 0.795. The Balaban J connectivity index is 1.98. The first-order valence-corrected chi connectivity index (χ1v) is 6.73. The lowest BCUT2D eigenvalue weighted by molar-refractivity contribution is 0.308. The number of hydrogen-bond donors (Lipinski definition) is 0. The van der Waals surface area contributed by atoms with E-state index in [1.54, 1.807) is 0 Å². The second-order valence-electron chi connectivity index (χ2n) is 5.27. The molecule has 5 nitrogen and oxygen atoms in total. The molecule has 0 saturated carbocycles. The minimum absolute atomic E-state index is 0.795. The Kier molecular flexibility index (Phi) is 3.97. The molecule has 0 spiro atoms. The van der Waals surface area contributed by atoms with Crippen LogP contribution < -0.4 is 4.90 Å². The van der Waals surface area contributed by atoms with Crippen LogP contribution in [0.25, 0.3) is 0 Å². The summed E-state index contributed by atoms with van der Waals surface area (Å²) in [7, 11) is 0. The highest BCUT2D eigenvalue weighted by Gasteiger charge is 2.24. The number of hydrogen-bond acceptors (Lipinski definition) is 4. The molecule has 1 aliphatic rings. The molecule has 17 heavy (non-hydrogen) atoms. The molecule has 1 aromatic rings. The molecular formula is C12H23N5. The van der Waals surface area contributed by atoms with Gasteiger partial charge in [0.25, 0.3) is 0 Å². The molecule has 0 N–H and O–H groups in total. The summed E-state index contributed by atoms with van der Waals surface area (Å²) in [5.74, 6) is 2.61. The standard InChI is InChI=1S/C12H23N5/c1-4-7-17-12(13-14-15-17)16-8-5-11(6-9-16)10(2)3/h10-11H,4-9H2,1-3H3. The molecule has 0 amide bonds. The van der Waals surface area contributed by atoms with Gasteiger partial charge in [-0.1, -0.05) is 25.9 Å². The molecule has 1 aliphatic heterocycles. The summed E-state index contributed by atoms with van der Waals surface area (Å²) < 4.78 is 1.93. The molecule has 1 fully saturated rings. The van der Waals surface area contributed by atoms with Gasteiger partial charge in [-0.15, -0.1) is 0 Å². The van der Waals surface area contributed by atoms with Gasteiger partial charge in [0.05, 0.1) is 0 Å². The van der Waals surface area contributed by atoms with E-state index < -0.39 is 0 Å². The summed E-state index contributed by atoms with van der Waals surface area (Å²) in [6, 6.07) is 0. The molecule has 0 atom stereocenters.